The number of hydrogen-bond donors (Lipinski definition) is 2. The van der Waals surface area contributed by atoms with Crippen molar-refractivity contribution in [2.45, 2.75) is 13.0 Å². The van der Waals surface area contributed by atoms with Gasteiger partial charge in [-0.2, -0.15) is 5.10 Å². The fraction of sp³-hybridized carbons (Fsp3) is 0.154. The number of aromatic nitrogens is 4. The van der Waals surface area contributed by atoms with E-state index >= 15 is 0 Å². The second kappa shape index (κ2) is 4.97. The van der Waals surface area contributed by atoms with Crippen molar-refractivity contribution in [1.82, 2.24) is 20.2 Å². The van der Waals surface area contributed by atoms with Crippen molar-refractivity contribution in [3.8, 4) is 0 Å². The zero-order chi connectivity index (χ0) is 13.2. The number of fused-ring (bicyclic) bond motifs is 1. The summed E-state index contributed by atoms with van der Waals surface area (Å²) >= 11 is 3.40. The van der Waals surface area contributed by atoms with E-state index in [0.29, 0.717) is 0 Å². The van der Waals surface area contributed by atoms with Crippen LogP contribution >= 0.6 is 15.9 Å². The van der Waals surface area contributed by atoms with Gasteiger partial charge in [-0.15, -0.1) is 0 Å². The Balaban J connectivity index is 1.97. The first-order valence-corrected chi connectivity index (χ1v) is 6.69. The highest BCUT2D eigenvalue weighted by Gasteiger charge is 2.09. The van der Waals surface area contributed by atoms with Crippen LogP contribution < -0.4 is 5.32 Å². The third kappa shape index (κ3) is 2.44. The number of pyridine rings is 2. The molecule has 19 heavy (non-hydrogen) atoms. The van der Waals surface area contributed by atoms with Gasteiger partial charge in [0.15, 0.2) is 0 Å². The van der Waals surface area contributed by atoms with E-state index in [2.05, 4.69) is 48.3 Å². The molecule has 0 bridgehead atoms. The quantitative estimate of drug-likeness (QED) is 0.778. The van der Waals surface area contributed by atoms with Crippen LogP contribution in [0.5, 0.6) is 0 Å². The molecule has 3 rings (SSSR count). The molecular weight excluding hydrogens is 306 g/mol. The van der Waals surface area contributed by atoms with Crippen LogP contribution in [-0.2, 0) is 0 Å². The molecule has 0 saturated carbocycles. The van der Waals surface area contributed by atoms with E-state index in [1.165, 1.54) is 0 Å². The molecule has 5 nitrogen and oxygen atoms in total. The molecule has 1 atom stereocenters. The SMILES string of the molecule is CC(Nc1ccnc2cc(Br)cnc12)c1cn[nH]c1. The molecule has 0 aliphatic rings. The van der Waals surface area contributed by atoms with Crippen LogP contribution in [0.2, 0.25) is 0 Å². The van der Waals surface area contributed by atoms with Gasteiger partial charge in [0.05, 0.1) is 23.4 Å². The van der Waals surface area contributed by atoms with Crippen molar-refractivity contribution >= 4 is 32.7 Å². The maximum absolute atomic E-state index is 4.42. The molecule has 0 aromatic carbocycles. The third-order valence-corrected chi connectivity index (χ3v) is 3.37. The minimum atomic E-state index is 0.148. The van der Waals surface area contributed by atoms with Gasteiger partial charge >= 0.3 is 0 Å². The van der Waals surface area contributed by atoms with E-state index < -0.39 is 0 Å². The van der Waals surface area contributed by atoms with Gasteiger partial charge in [-0.05, 0) is 35.0 Å². The Bertz CT molecular complexity index is 695. The zero-order valence-corrected chi connectivity index (χ0v) is 11.8. The van der Waals surface area contributed by atoms with Crippen molar-refractivity contribution < 1.29 is 0 Å². The number of H-pyrrole nitrogens is 1. The molecule has 0 fully saturated rings. The first-order chi connectivity index (χ1) is 9.24. The minimum absolute atomic E-state index is 0.148. The first-order valence-electron chi connectivity index (χ1n) is 5.89. The summed E-state index contributed by atoms with van der Waals surface area (Å²) in [4.78, 5) is 8.74. The number of nitrogens with zero attached hydrogens (tertiary/aromatic N) is 3. The maximum Gasteiger partial charge on any atom is 0.112 e. The molecule has 0 amide bonds. The lowest BCUT2D eigenvalue weighted by Crippen LogP contribution is -2.06. The largest absolute Gasteiger partial charge is 0.377 e. The van der Waals surface area contributed by atoms with E-state index in [0.717, 1.165) is 26.8 Å². The van der Waals surface area contributed by atoms with Crippen LogP contribution in [-0.4, -0.2) is 20.2 Å². The van der Waals surface area contributed by atoms with Crippen molar-refractivity contribution in [1.29, 1.82) is 0 Å². The van der Waals surface area contributed by atoms with Crippen LogP contribution in [0.4, 0.5) is 5.69 Å². The predicted molar refractivity (Wildman–Crippen MR) is 77.9 cm³/mol. The topological polar surface area (TPSA) is 66.5 Å². The number of anilines is 1. The summed E-state index contributed by atoms with van der Waals surface area (Å²) in [5.74, 6) is 0. The van der Waals surface area contributed by atoms with Crippen LogP contribution in [0.25, 0.3) is 11.0 Å². The highest BCUT2D eigenvalue weighted by atomic mass is 79.9. The number of rotatable bonds is 3. The Hall–Kier alpha value is -1.95. The average Bonchev–Trinajstić information content (AvgIpc) is 2.92. The Labute approximate surface area is 118 Å². The molecule has 0 aliphatic heterocycles. The van der Waals surface area contributed by atoms with E-state index in [1.54, 1.807) is 12.4 Å². The lowest BCUT2D eigenvalue weighted by atomic mass is 10.2. The van der Waals surface area contributed by atoms with Crippen molar-refractivity contribution in [3.05, 3.63) is 47.0 Å². The van der Waals surface area contributed by atoms with Crippen molar-refractivity contribution in [2.75, 3.05) is 5.32 Å². The molecule has 3 heterocycles. The number of hydrogen-bond acceptors (Lipinski definition) is 4. The van der Waals surface area contributed by atoms with Crippen LogP contribution in [0.3, 0.4) is 0 Å². The number of halogens is 1. The summed E-state index contributed by atoms with van der Waals surface area (Å²) in [6.07, 6.45) is 7.24. The van der Waals surface area contributed by atoms with Crippen LogP contribution in [0.15, 0.2) is 41.4 Å². The smallest absolute Gasteiger partial charge is 0.112 e. The minimum Gasteiger partial charge on any atom is -0.377 e. The van der Waals surface area contributed by atoms with Gasteiger partial charge in [-0.25, -0.2) is 0 Å². The molecule has 3 aromatic heterocycles. The van der Waals surface area contributed by atoms with E-state index in [1.807, 2.05) is 24.5 Å². The van der Waals surface area contributed by atoms with Crippen LogP contribution in [0, 0.1) is 0 Å². The standard InChI is InChI=1S/C13H12BrN5/c1-8(9-5-17-18-6-9)19-11-2-3-15-12-4-10(14)7-16-13(11)12/h2-8H,1H3,(H,15,19)(H,17,18). The first kappa shape index (κ1) is 12.1. The van der Waals surface area contributed by atoms with Gasteiger partial charge in [0.1, 0.15) is 5.52 Å². The Morgan fingerprint density at radius 3 is 3.00 bits per heavy atom. The molecule has 1 unspecified atom stereocenters. The molecule has 2 N–H and O–H groups in total. The summed E-state index contributed by atoms with van der Waals surface area (Å²) in [5, 5.41) is 10.2. The summed E-state index contributed by atoms with van der Waals surface area (Å²) in [6.45, 7) is 2.08. The Kier molecular flexibility index (Phi) is 3.16. The fourth-order valence-electron chi connectivity index (χ4n) is 1.94. The normalized spacial score (nSPS) is 12.5. The fourth-order valence-corrected chi connectivity index (χ4v) is 2.26. The van der Waals surface area contributed by atoms with E-state index in [-0.39, 0.29) is 6.04 Å². The van der Waals surface area contributed by atoms with Gasteiger partial charge in [0.25, 0.3) is 0 Å². The van der Waals surface area contributed by atoms with Crippen molar-refractivity contribution in [3.63, 3.8) is 0 Å². The van der Waals surface area contributed by atoms with Gasteiger partial charge in [-0.1, -0.05) is 0 Å². The molecule has 0 radical (unpaired) electrons. The van der Waals surface area contributed by atoms with Crippen LogP contribution in [0.1, 0.15) is 18.5 Å². The molecule has 6 heteroatoms. The molecule has 96 valence electrons. The number of nitrogens with one attached hydrogen (secondary N) is 2. The summed E-state index contributed by atoms with van der Waals surface area (Å²) < 4.78 is 0.924. The van der Waals surface area contributed by atoms with Crippen molar-refractivity contribution in [2.24, 2.45) is 0 Å². The second-order valence-corrected chi connectivity index (χ2v) is 5.19. The predicted octanol–water partition coefficient (Wildman–Crippen LogP) is 3.29. The summed E-state index contributed by atoms with van der Waals surface area (Å²) in [7, 11) is 0. The van der Waals surface area contributed by atoms with E-state index in [9.17, 15) is 0 Å². The molecule has 0 spiro atoms. The van der Waals surface area contributed by atoms with Gasteiger partial charge < -0.3 is 5.32 Å². The molecule has 0 saturated heterocycles. The van der Waals surface area contributed by atoms with Gasteiger partial charge in [0, 0.05) is 28.6 Å². The average molecular weight is 318 g/mol. The van der Waals surface area contributed by atoms with E-state index in [4.69, 9.17) is 0 Å². The lowest BCUT2D eigenvalue weighted by Gasteiger charge is -2.14. The molecule has 0 aliphatic carbocycles. The monoisotopic (exact) mass is 317 g/mol. The zero-order valence-electron chi connectivity index (χ0n) is 10.3. The highest BCUT2D eigenvalue weighted by molar-refractivity contribution is 9.10. The molecular formula is C13H12BrN5. The maximum atomic E-state index is 4.42. The second-order valence-electron chi connectivity index (χ2n) is 4.28. The Morgan fingerprint density at radius 2 is 2.21 bits per heavy atom. The summed E-state index contributed by atoms with van der Waals surface area (Å²) in [6, 6.07) is 4.03. The Morgan fingerprint density at radius 1 is 1.32 bits per heavy atom. The van der Waals surface area contributed by atoms with Gasteiger partial charge in [-0.3, -0.25) is 15.1 Å². The third-order valence-electron chi connectivity index (χ3n) is 2.94. The highest BCUT2D eigenvalue weighted by Crippen LogP contribution is 2.25. The van der Waals surface area contributed by atoms with Gasteiger partial charge in [0.2, 0.25) is 0 Å². The lowest BCUT2D eigenvalue weighted by molar-refractivity contribution is 0.887. The molecule has 3 aromatic rings. The number of aromatic amines is 1. The summed E-state index contributed by atoms with van der Waals surface area (Å²) in [5.41, 5.74) is 3.79.